The van der Waals surface area contributed by atoms with E-state index in [0.29, 0.717) is 5.41 Å². The summed E-state index contributed by atoms with van der Waals surface area (Å²) in [6, 6.07) is 16.7. The molecular weight excluding hydrogens is 336 g/mol. The Morgan fingerprint density at radius 3 is 1.89 bits per heavy atom. The highest BCUT2D eigenvalue weighted by Gasteiger charge is 2.29. The van der Waals surface area contributed by atoms with Gasteiger partial charge >= 0.3 is 0 Å². The van der Waals surface area contributed by atoms with E-state index in [4.69, 9.17) is 9.47 Å². The lowest BCUT2D eigenvalue weighted by Crippen LogP contribution is -2.43. The number of likely N-dealkylation sites (tertiary alicyclic amines) is 1. The molecule has 0 aromatic heterocycles. The molecule has 0 amide bonds. The Kier molecular flexibility index (Phi) is 6.75. The number of rotatable bonds is 8. The van der Waals surface area contributed by atoms with Crippen molar-refractivity contribution in [3.8, 4) is 11.5 Å². The van der Waals surface area contributed by atoms with Crippen molar-refractivity contribution in [2.24, 2.45) is 5.41 Å². The van der Waals surface area contributed by atoms with Crippen molar-refractivity contribution >= 4 is 0 Å². The van der Waals surface area contributed by atoms with Gasteiger partial charge in [-0.2, -0.15) is 0 Å². The maximum Gasteiger partial charge on any atom is 0.118 e. The number of hydrogen-bond donors (Lipinski definition) is 1. The van der Waals surface area contributed by atoms with Crippen molar-refractivity contribution in [3.63, 3.8) is 0 Å². The normalized spacial score (nSPS) is 16.9. The molecule has 1 N–H and O–H groups in total. The maximum absolute atomic E-state index is 5.24. The molecule has 1 heterocycles. The second kappa shape index (κ2) is 9.25. The minimum atomic E-state index is 0.378. The molecule has 4 nitrogen and oxygen atoms in total. The summed E-state index contributed by atoms with van der Waals surface area (Å²) in [5.74, 6) is 1.84. The van der Waals surface area contributed by atoms with E-state index in [1.54, 1.807) is 14.2 Å². The van der Waals surface area contributed by atoms with E-state index in [2.05, 4.69) is 41.4 Å². The first-order valence-corrected chi connectivity index (χ1v) is 9.79. The van der Waals surface area contributed by atoms with Gasteiger partial charge in [0.25, 0.3) is 0 Å². The number of piperidine rings is 1. The molecule has 0 aliphatic carbocycles. The predicted molar refractivity (Wildman–Crippen MR) is 110 cm³/mol. The average molecular weight is 369 g/mol. The molecular formula is C23H32N2O2. The number of ether oxygens (including phenoxy) is 2. The molecule has 0 unspecified atom stereocenters. The van der Waals surface area contributed by atoms with Crippen LogP contribution in [-0.4, -0.2) is 38.8 Å². The summed E-state index contributed by atoms with van der Waals surface area (Å²) >= 11 is 0. The first kappa shape index (κ1) is 19.7. The topological polar surface area (TPSA) is 33.7 Å². The Morgan fingerprint density at radius 2 is 1.37 bits per heavy atom. The van der Waals surface area contributed by atoms with Gasteiger partial charge in [0.1, 0.15) is 11.5 Å². The van der Waals surface area contributed by atoms with Gasteiger partial charge in [-0.15, -0.1) is 0 Å². The summed E-state index contributed by atoms with van der Waals surface area (Å²) in [5, 5.41) is 3.65. The minimum Gasteiger partial charge on any atom is -0.497 e. The Morgan fingerprint density at radius 1 is 0.852 bits per heavy atom. The smallest absolute Gasteiger partial charge is 0.118 e. The number of nitrogens with zero attached hydrogens (tertiary/aromatic N) is 1. The highest BCUT2D eigenvalue weighted by molar-refractivity contribution is 5.27. The maximum atomic E-state index is 5.24. The molecule has 0 spiro atoms. The van der Waals surface area contributed by atoms with Crippen molar-refractivity contribution in [1.82, 2.24) is 10.2 Å². The van der Waals surface area contributed by atoms with Crippen LogP contribution in [0.4, 0.5) is 0 Å². The third-order valence-electron chi connectivity index (χ3n) is 5.67. The quantitative estimate of drug-likeness (QED) is 0.761. The van der Waals surface area contributed by atoms with Crippen LogP contribution in [0.25, 0.3) is 0 Å². The molecule has 1 aliphatic heterocycles. The summed E-state index contributed by atoms with van der Waals surface area (Å²) in [6.07, 6.45) is 2.47. The largest absolute Gasteiger partial charge is 0.497 e. The number of methoxy groups -OCH3 is 2. The lowest BCUT2D eigenvalue weighted by Gasteiger charge is -2.39. The van der Waals surface area contributed by atoms with Crippen LogP contribution in [0.15, 0.2) is 48.5 Å². The summed E-state index contributed by atoms with van der Waals surface area (Å²) in [4.78, 5) is 2.56. The zero-order valence-electron chi connectivity index (χ0n) is 16.8. The summed E-state index contributed by atoms with van der Waals surface area (Å²) in [6.45, 7) is 7.74. The van der Waals surface area contributed by atoms with Crippen LogP contribution in [0, 0.1) is 5.41 Å². The Bertz CT molecular complexity index is 689. The van der Waals surface area contributed by atoms with Crippen molar-refractivity contribution in [1.29, 1.82) is 0 Å². The van der Waals surface area contributed by atoms with Gasteiger partial charge in [-0.25, -0.2) is 0 Å². The number of benzene rings is 2. The zero-order chi connectivity index (χ0) is 19.1. The molecule has 146 valence electrons. The van der Waals surface area contributed by atoms with Crippen LogP contribution in [0.3, 0.4) is 0 Å². The van der Waals surface area contributed by atoms with Crippen LogP contribution in [-0.2, 0) is 13.1 Å². The number of nitrogens with one attached hydrogen (secondary N) is 1. The van der Waals surface area contributed by atoms with Crippen LogP contribution in [0.1, 0.15) is 30.9 Å². The summed E-state index contributed by atoms with van der Waals surface area (Å²) < 4.78 is 10.5. The van der Waals surface area contributed by atoms with Crippen LogP contribution >= 0.6 is 0 Å². The fourth-order valence-corrected chi connectivity index (χ4v) is 3.67. The third kappa shape index (κ3) is 5.72. The van der Waals surface area contributed by atoms with Gasteiger partial charge < -0.3 is 14.8 Å². The second-order valence-corrected chi connectivity index (χ2v) is 7.89. The van der Waals surface area contributed by atoms with E-state index in [1.165, 1.54) is 24.0 Å². The molecule has 1 fully saturated rings. The van der Waals surface area contributed by atoms with Gasteiger partial charge in [0.15, 0.2) is 0 Å². The van der Waals surface area contributed by atoms with E-state index < -0.39 is 0 Å². The van der Waals surface area contributed by atoms with Crippen LogP contribution in [0.2, 0.25) is 0 Å². The average Bonchev–Trinajstić information content (AvgIpc) is 2.71. The third-order valence-corrected chi connectivity index (χ3v) is 5.67. The molecule has 0 atom stereocenters. The monoisotopic (exact) mass is 368 g/mol. The highest BCUT2D eigenvalue weighted by Crippen LogP contribution is 2.31. The van der Waals surface area contributed by atoms with Crippen molar-refractivity contribution in [2.75, 3.05) is 33.9 Å². The van der Waals surface area contributed by atoms with Gasteiger partial charge in [0.2, 0.25) is 0 Å². The molecule has 2 aromatic rings. The predicted octanol–water partition coefficient (Wildman–Crippen LogP) is 4.10. The van der Waals surface area contributed by atoms with Gasteiger partial charge in [-0.05, 0) is 66.7 Å². The number of hydrogen-bond acceptors (Lipinski definition) is 4. The van der Waals surface area contributed by atoms with Gasteiger partial charge in [0.05, 0.1) is 14.2 Å². The van der Waals surface area contributed by atoms with Gasteiger partial charge in [-0.1, -0.05) is 31.2 Å². The van der Waals surface area contributed by atoms with Crippen LogP contribution < -0.4 is 14.8 Å². The summed E-state index contributed by atoms with van der Waals surface area (Å²) in [5.41, 5.74) is 3.04. The Balaban J connectivity index is 1.41. The lowest BCUT2D eigenvalue weighted by molar-refractivity contribution is 0.111. The molecule has 1 saturated heterocycles. The standard InChI is InChI=1S/C23H32N2O2/c1-23(18-24-16-19-4-8-21(26-2)9-5-19)12-14-25(15-13-23)17-20-6-10-22(27-3)11-7-20/h4-11,24H,12-18H2,1-3H3. The molecule has 1 aliphatic rings. The molecule has 3 rings (SSSR count). The molecule has 4 heteroatoms. The summed E-state index contributed by atoms with van der Waals surface area (Å²) in [7, 11) is 3.41. The van der Waals surface area contributed by atoms with Gasteiger partial charge in [-0.3, -0.25) is 4.90 Å². The molecule has 0 saturated carbocycles. The molecule has 0 bridgehead atoms. The second-order valence-electron chi connectivity index (χ2n) is 7.89. The molecule has 2 aromatic carbocycles. The first-order chi connectivity index (χ1) is 13.1. The molecule has 27 heavy (non-hydrogen) atoms. The van der Waals surface area contributed by atoms with Crippen molar-refractivity contribution < 1.29 is 9.47 Å². The van der Waals surface area contributed by atoms with Crippen LogP contribution in [0.5, 0.6) is 11.5 Å². The Hall–Kier alpha value is -2.04. The fourth-order valence-electron chi connectivity index (χ4n) is 3.67. The van der Waals surface area contributed by atoms with E-state index >= 15 is 0 Å². The zero-order valence-corrected chi connectivity index (χ0v) is 16.8. The highest BCUT2D eigenvalue weighted by atomic mass is 16.5. The van der Waals surface area contributed by atoms with Gasteiger partial charge in [0, 0.05) is 19.6 Å². The van der Waals surface area contributed by atoms with Crippen molar-refractivity contribution in [2.45, 2.75) is 32.9 Å². The SMILES string of the molecule is COc1ccc(CNCC2(C)CCN(Cc3ccc(OC)cc3)CC2)cc1. The Labute approximate surface area is 163 Å². The minimum absolute atomic E-state index is 0.378. The lowest BCUT2D eigenvalue weighted by atomic mass is 9.80. The van der Waals surface area contributed by atoms with E-state index in [9.17, 15) is 0 Å². The van der Waals surface area contributed by atoms with E-state index in [1.807, 2.05) is 24.3 Å². The molecule has 0 radical (unpaired) electrons. The van der Waals surface area contributed by atoms with E-state index in [0.717, 1.165) is 44.2 Å². The van der Waals surface area contributed by atoms with Crippen molar-refractivity contribution in [3.05, 3.63) is 59.7 Å². The first-order valence-electron chi connectivity index (χ1n) is 9.79. The van der Waals surface area contributed by atoms with E-state index in [-0.39, 0.29) is 0 Å². The fraction of sp³-hybridized carbons (Fsp3) is 0.478.